The molecule has 1 aliphatic carbocycles. The summed E-state index contributed by atoms with van der Waals surface area (Å²) >= 11 is 0. The number of nitrogens with zero attached hydrogens (tertiary/aromatic N) is 4. The molecule has 1 N–H and O–H groups in total. The van der Waals surface area contributed by atoms with E-state index in [0.29, 0.717) is 12.0 Å². The zero-order valence-electron chi connectivity index (χ0n) is 19.3. The van der Waals surface area contributed by atoms with Crippen molar-refractivity contribution in [2.75, 3.05) is 48.4 Å². The summed E-state index contributed by atoms with van der Waals surface area (Å²) < 4.78 is 5.59. The van der Waals surface area contributed by atoms with Gasteiger partial charge in [0.15, 0.2) is 0 Å². The van der Waals surface area contributed by atoms with Crippen LogP contribution in [0.25, 0.3) is 10.9 Å². The highest BCUT2D eigenvalue weighted by molar-refractivity contribution is 5.92. The Morgan fingerprint density at radius 3 is 2.50 bits per heavy atom. The molecule has 6 heteroatoms. The lowest BCUT2D eigenvalue weighted by Gasteiger charge is -2.37. The highest BCUT2D eigenvalue weighted by Crippen LogP contribution is 2.40. The van der Waals surface area contributed by atoms with E-state index in [0.717, 1.165) is 66.6 Å². The van der Waals surface area contributed by atoms with Crippen molar-refractivity contribution in [1.82, 2.24) is 9.97 Å². The monoisotopic (exact) mass is 431 g/mol. The summed E-state index contributed by atoms with van der Waals surface area (Å²) in [6.07, 6.45) is 3.51. The quantitative estimate of drug-likeness (QED) is 0.565. The molecule has 2 aliphatic rings. The van der Waals surface area contributed by atoms with Gasteiger partial charge < -0.3 is 19.9 Å². The van der Waals surface area contributed by atoms with Gasteiger partial charge in [-0.05, 0) is 56.5 Å². The minimum atomic E-state index is 0.437. The van der Waals surface area contributed by atoms with Crippen LogP contribution in [-0.4, -0.2) is 49.3 Å². The SMILES string of the molecule is CCC(C)Nc1ccc2nc(C3CC3)nc(N3CCN(c4ccccc4OC)CC3)c2c1. The molecule has 3 aromatic rings. The first kappa shape index (κ1) is 20.9. The van der Waals surface area contributed by atoms with E-state index in [2.05, 4.69) is 59.3 Å². The molecule has 2 heterocycles. The Labute approximate surface area is 190 Å². The summed E-state index contributed by atoms with van der Waals surface area (Å²) in [5.41, 5.74) is 3.36. The van der Waals surface area contributed by atoms with Crippen molar-refractivity contribution in [2.24, 2.45) is 0 Å². The lowest BCUT2D eigenvalue weighted by atomic mass is 10.1. The maximum Gasteiger partial charge on any atom is 0.142 e. The molecule has 168 valence electrons. The summed E-state index contributed by atoms with van der Waals surface area (Å²) in [4.78, 5) is 14.9. The van der Waals surface area contributed by atoms with Crippen molar-refractivity contribution in [2.45, 2.75) is 45.1 Å². The van der Waals surface area contributed by atoms with Crippen LogP contribution in [0.5, 0.6) is 5.75 Å². The van der Waals surface area contributed by atoms with Gasteiger partial charge in [-0.3, -0.25) is 0 Å². The average molecular weight is 432 g/mol. The van der Waals surface area contributed by atoms with Crippen LogP contribution < -0.4 is 19.9 Å². The number of rotatable bonds is 7. The van der Waals surface area contributed by atoms with Gasteiger partial charge in [-0.1, -0.05) is 19.1 Å². The van der Waals surface area contributed by atoms with Gasteiger partial charge in [-0.25, -0.2) is 9.97 Å². The summed E-state index contributed by atoms with van der Waals surface area (Å²) in [5, 5.41) is 4.76. The molecule has 32 heavy (non-hydrogen) atoms. The predicted molar refractivity (Wildman–Crippen MR) is 132 cm³/mol. The fraction of sp³-hybridized carbons (Fsp3) is 0.462. The van der Waals surface area contributed by atoms with Crippen LogP contribution >= 0.6 is 0 Å². The van der Waals surface area contributed by atoms with Crippen molar-refractivity contribution in [3.63, 3.8) is 0 Å². The number of hydrogen-bond acceptors (Lipinski definition) is 6. The van der Waals surface area contributed by atoms with Crippen LogP contribution in [0.3, 0.4) is 0 Å². The number of methoxy groups -OCH3 is 1. The van der Waals surface area contributed by atoms with E-state index in [1.54, 1.807) is 7.11 Å². The first-order chi connectivity index (χ1) is 15.7. The van der Waals surface area contributed by atoms with Crippen LogP contribution in [0.1, 0.15) is 44.9 Å². The molecule has 5 rings (SSSR count). The number of hydrogen-bond donors (Lipinski definition) is 1. The Hall–Kier alpha value is -3.02. The molecule has 6 nitrogen and oxygen atoms in total. The normalized spacial score (nSPS) is 17.5. The van der Waals surface area contributed by atoms with Gasteiger partial charge in [0.2, 0.25) is 0 Å². The number of fused-ring (bicyclic) bond motifs is 1. The van der Waals surface area contributed by atoms with E-state index in [1.807, 2.05) is 12.1 Å². The smallest absolute Gasteiger partial charge is 0.142 e. The molecule has 1 aliphatic heterocycles. The highest BCUT2D eigenvalue weighted by Gasteiger charge is 2.29. The van der Waals surface area contributed by atoms with E-state index in [4.69, 9.17) is 14.7 Å². The number of piperazine rings is 1. The van der Waals surface area contributed by atoms with E-state index in [9.17, 15) is 0 Å². The average Bonchev–Trinajstić information content (AvgIpc) is 3.69. The molecular formula is C26H33N5O. The maximum absolute atomic E-state index is 5.59. The summed E-state index contributed by atoms with van der Waals surface area (Å²) in [5.74, 6) is 3.57. The van der Waals surface area contributed by atoms with E-state index in [1.165, 1.54) is 18.5 Å². The Morgan fingerprint density at radius 1 is 1.03 bits per heavy atom. The lowest BCUT2D eigenvalue weighted by molar-refractivity contribution is 0.413. The predicted octanol–water partition coefficient (Wildman–Crippen LogP) is 5.05. The molecule has 1 unspecified atom stereocenters. The van der Waals surface area contributed by atoms with E-state index >= 15 is 0 Å². The van der Waals surface area contributed by atoms with Gasteiger partial charge in [0.05, 0.1) is 18.3 Å². The van der Waals surface area contributed by atoms with Gasteiger partial charge >= 0.3 is 0 Å². The van der Waals surface area contributed by atoms with E-state index < -0.39 is 0 Å². The molecule has 2 fully saturated rings. The second-order valence-corrected chi connectivity index (χ2v) is 9.01. The van der Waals surface area contributed by atoms with Crippen LogP contribution in [-0.2, 0) is 0 Å². The van der Waals surface area contributed by atoms with Crippen LogP contribution in [0.4, 0.5) is 17.2 Å². The van der Waals surface area contributed by atoms with E-state index in [-0.39, 0.29) is 0 Å². The highest BCUT2D eigenvalue weighted by atomic mass is 16.5. The minimum Gasteiger partial charge on any atom is -0.495 e. The molecule has 1 saturated heterocycles. The topological polar surface area (TPSA) is 53.5 Å². The number of anilines is 3. The fourth-order valence-corrected chi connectivity index (χ4v) is 4.42. The van der Waals surface area contributed by atoms with Crippen molar-refractivity contribution < 1.29 is 4.74 Å². The van der Waals surface area contributed by atoms with Crippen molar-refractivity contribution in [1.29, 1.82) is 0 Å². The number of benzene rings is 2. The maximum atomic E-state index is 5.59. The Kier molecular flexibility index (Phi) is 5.77. The Balaban J connectivity index is 1.44. The molecule has 0 amide bonds. The lowest BCUT2D eigenvalue weighted by Crippen LogP contribution is -2.47. The summed E-state index contributed by atoms with van der Waals surface area (Å²) in [7, 11) is 1.74. The number of aromatic nitrogens is 2. The van der Waals surface area contributed by atoms with Gasteiger partial charge in [0.1, 0.15) is 17.4 Å². The summed E-state index contributed by atoms with van der Waals surface area (Å²) in [6, 6.07) is 15.3. The molecule has 0 spiro atoms. The second-order valence-electron chi connectivity index (χ2n) is 9.01. The first-order valence-electron chi connectivity index (χ1n) is 11.9. The molecule has 1 aromatic heterocycles. The minimum absolute atomic E-state index is 0.437. The number of nitrogens with one attached hydrogen (secondary N) is 1. The molecule has 2 aromatic carbocycles. The fourth-order valence-electron chi connectivity index (χ4n) is 4.42. The third-order valence-electron chi connectivity index (χ3n) is 6.67. The zero-order valence-corrected chi connectivity index (χ0v) is 19.3. The van der Waals surface area contributed by atoms with Crippen molar-refractivity contribution in [3.05, 3.63) is 48.3 Å². The number of ether oxygens (including phenoxy) is 1. The standard InChI is InChI=1S/C26H33N5O/c1-4-18(2)27-20-11-12-22-21(17-20)26(29-25(28-22)19-9-10-19)31-15-13-30(14-16-31)23-7-5-6-8-24(23)32-3/h5-8,11-12,17-19,27H,4,9-10,13-16H2,1-3H3. The largest absolute Gasteiger partial charge is 0.495 e. The van der Waals surface area contributed by atoms with Gasteiger partial charge in [0.25, 0.3) is 0 Å². The molecule has 1 atom stereocenters. The third kappa shape index (κ3) is 4.18. The van der Waals surface area contributed by atoms with Gasteiger partial charge in [0, 0.05) is 49.2 Å². The molecule has 1 saturated carbocycles. The van der Waals surface area contributed by atoms with Gasteiger partial charge in [-0.15, -0.1) is 0 Å². The first-order valence-corrected chi connectivity index (χ1v) is 11.9. The van der Waals surface area contributed by atoms with Crippen LogP contribution in [0.2, 0.25) is 0 Å². The van der Waals surface area contributed by atoms with Gasteiger partial charge in [-0.2, -0.15) is 0 Å². The Morgan fingerprint density at radius 2 is 1.78 bits per heavy atom. The molecule has 0 radical (unpaired) electrons. The third-order valence-corrected chi connectivity index (χ3v) is 6.67. The van der Waals surface area contributed by atoms with Crippen LogP contribution in [0.15, 0.2) is 42.5 Å². The van der Waals surface area contributed by atoms with Crippen LogP contribution in [0, 0.1) is 0 Å². The van der Waals surface area contributed by atoms with Crippen molar-refractivity contribution >= 4 is 28.1 Å². The zero-order chi connectivity index (χ0) is 22.1. The number of para-hydroxylation sites is 2. The van der Waals surface area contributed by atoms with Crippen molar-refractivity contribution in [3.8, 4) is 5.75 Å². The summed E-state index contributed by atoms with van der Waals surface area (Å²) in [6.45, 7) is 8.16. The molecule has 0 bridgehead atoms. The second kappa shape index (κ2) is 8.85. The molecular weight excluding hydrogens is 398 g/mol. The Bertz CT molecular complexity index is 1090.